The zero-order chi connectivity index (χ0) is 26.3. The van der Waals surface area contributed by atoms with Crippen LogP contribution in [0.5, 0.6) is 0 Å². The van der Waals surface area contributed by atoms with Crippen molar-refractivity contribution in [3.05, 3.63) is 64.2 Å². The predicted molar refractivity (Wildman–Crippen MR) is 135 cm³/mol. The van der Waals surface area contributed by atoms with Gasteiger partial charge in [0.25, 0.3) is 5.91 Å². The number of hydrogen-bond donors (Lipinski definition) is 2. The normalized spacial score (nSPS) is 12.6. The van der Waals surface area contributed by atoms with Crippen molar-refractivity contribution in [2.45, 2.75) is 59.2 Å². The van der Waals surface area contributed by atoms with Crippen molar-refractivity contribution in [3.63, 3.8) is 0 Å². The van der Waals surface area contributed by atoms with Crippen LogP contribution in [0.3, 0.4) is 0 Å². The molecule has 9 heteroatoms. The Morgan fingerprint density at radius 1 is 1.14 bits per heavy atom. The van der Waals surface area contributed by atoms with E-state index in [2.05, 4.69) is 10.6 Å². The van der Waals surface area contributed by atoms with Gasteiger partial charge in [-0.3, -0.25) is 9.59 Å². The maximum atomic E-state index is 13.6. The minimum atomic E-state index is -1.15. The van der Waals surface area contributed by atoms with Gasteiger partial charge in [-0.25, -0.2) is 4.79 Å². The summed E-state index contributed by atoms with van der Waals surface area (Å²) in [5.41, 5.74) is 1.79. The van der Waals surface area contributed by atoms with Crippen LogP contribution < -0.4 is 10.6 Å². The third-order valence-corrected chi connectivity index (χ3v) is 5.33. The van der Waals surface area contributed by atoms with Crippen LogP contribution in [0.1, 0.15) is 50.4 Å². The first kappa shape index (κ1) is 27.7. The van der Waals surface area contributed by atoms with Crippen molar-refractivity contribution in [2.24, 2.45) is 0 Å². The molecule has 0 bridgehead atoms. The number of nitrogens with one attached hydrogen (secondary N) is 2. The standard InChI is InChI=1S/C26H31ClN4O4/c1-16-9-7-11-19(15-16)22(23(32)30-21-17(2)10-8-12-20(21)27)31(14-13-28)24(33)18(3)29-25(34)35-26(4,5)6/h7-12,15,18,22H,14H2,1-6H3,(H,29,34)(H,30,32). The molecule has 0 radical (unpaired) electrons. The monoisotopic (exact) mass is 498 g/mol. The molecule has 2 aromatic carbocycles. The summed E-state index contributed by atoms with van der Waals surface area (Å²) >= 11 is 6.30. The maximum absolute atomic E-state index is 13.6. The number of carbonyl (C=O) groups excluding carboxylic acids is 3. The number of anilines is 1. The number of ether oxygens (including phenoxy) is 1. The first-order valence-corrected chi connectivity index (χ1v) is 11.5. The van der Waals surface area contributed by atoms with Crippen LogP contribution in [0, 0.1) is 25.2 Å². The number of halogens is 1. The number of rotatable bonds is 7. The van der Waals surface area contributed by atoms with Crippen molar-refractivity contribution >= 4 is 35.2 Å². The molecule has 8 nitrogen and oxygen atoms in total. The van der Waals surface area contributed by atoms with E-state index in [0.29, 0.717) is 16.3 Å². The van der Waals surface area contributed by atoms with Crippen LogP contribution in [0.15, 0.2) is 42.5 Å². The van der Waals surface area contributed by atoms with Crippen LogP contribution in [-0.2, 0) is 14.3 Å². The van der Waals surface area contributed by atoms with Gasteiger partial charge in [-0.15, -0.1) is 0 Å². The lowest BCUT2D eigenvalue weighted by molar-refractivity contribution is -0.139. The summed E-state index contributed by atoms with van der Waals surface area (Å²) in [6.45, 7) is 9.86. The summed E-state index contributed by atoms with van der Waals surface area (Å²) in [5.74, 6) is -1.16. The molecule has 2 atom stereocenters. The van der Waals surface area contributed by atoms with Gasteiger partial charge in [0, 0.05) is 0 Å². The molecule has 2 rings (SSSR count). The van der Waals surface area contributed by atoms with Gasteiger partial charge in [0.15, 0.2) is 0 Å². The second kappa shape index (κ2) is 11.7. The number of benzene rings is 2. The summed E-state index contributed by atoms with van der Waals surface area (Å²) in [6, 6.07) is 12.1. The molecule has 2 unspecified atom stereocenters. The summed E-state index contributed by atoms with van der Waals surface area (Å²) < 4.78 is 5.23. The maximum Gasteiger partial charge on any atom is 0.408 e. The van der Waals surface area contributed by atoms with Gasteiger partial charge in [0.2, 0.25) is 5.91 Å². The highest BCUT2D eigenvalue weighted by Crippen LogP contribution is 2.29. The number of aryl methyl sites for hydroxylation is 2. The number of nitriles is 1. The third-order valence-electron chi connectivity index (χ3n) is 5.02. The van der Waals surface area contributed by atoms with Crippen LogP contribution in [-0.4, -0.2) is 41.0 Å². The highest BCUT2D eigenvalue weighted by atomic mass is 35.5. The molecule has 0 saturated carbocycles. The molecule has 2 N–H and O–H groups in total. The quantitative estimate of drug-likeness (QED) is 0.527. The van der Waals surface area contributed by atoms with Crippen LogP contribution in [0.25, 0.3) is 0 Å². The lowest BCUT2D eigenvalue weighted by atomic mass is 10.0. The van der Waals surface area contributed by atoms with Gasteiger partial charge in [-0.1, -0.05) is 53.6 Å². The predicted octanol–water partition coefficient (Wildman–Crippen LogP) is 4.90. The lowest BCUT2D eigenvalue weighted by Gasteiger charge is -2.32. The third kappa shape index (κ3) is 7.72. The Morgan fingerprint density at radius 3 is 2.37 bits per heavy atom. The minimum absolute atomic E-state index is 0.347. The fraction of sp³-hybridized carbons (Fsp3) is 0.385. The average molecular weight is 499 g/mol. The van der Waals surface area contributed by atoms with Gasteiger partial charge in [-0.2, -0.15) is 5.26 Å². The molecule has 35 heavy (non-hydrogen) atoms. The van der Waals surface area contributed by atoms with Crippen molar-refractivity contribution < 1.29 is 19.1 Å². The summed E-state index contributed by atoms with van der Waals surface area (Å²) in [5, 5.41) is 15.2. The SMILES string of the molecule is Cc1cccc(C(C(=O)Nc2c(C)cccc2Cl)N(CC#N)C(=O)C(C)NC(=O)OC(C)(C)C)c1. The number of amides is 3. The number of para-hydroxylation sites is 1. The Kier molecular flexibility index (Phi) is 9.26. The molecule has 2 aromatic rings. The second-order valence-corrected chi connectivity index (χ2v) is 9.64. The molecule has 0 spiro atoms. The number of alkyl carbamates (subject to hydrolysis) is 1. The van der Waals surface area contributed by atoms with E-state index in [1.54, 1.807) is 64.1 Å². The molecule has 0 aliphatic rings. The molecule has 0 saturated heterocycles. The molecule has 3 amide bonds. The Bertz CT molecular complexity index is 1120. The van der Waals surface area contributed by atoms with E-state index in [9.17, 15) is 19.6 Å². The van der Waals surface area contributed by atoms with Crippen LogP contribution in [0.4, 0.5) is 10.5 Å². The second-order valence-electron chi connectivity index (χ2n) is 9.23. The van der Waals surface area contributed by atoms with Crippen molar-refractivity contribution in [2.75, 3.05) is 11.9 Å². The fourth-order valence-electron chi connectivity index (χ4n) is 3.46. The summed E-state index contributed by atoms with van der Waals surface area (Å²) in [6.07, 6.45) is -0.779. The van der Waals surface area contributed by atoms with Crippen LogP contribution in [0.2, 0.25) is 5.02 Å². The highest BCUT2D eigenvalue weighted by molar-refractivity contribution is 6.34. The van der Waals surface area contributed by atoms with E-state index >= 15 is 0 Å². The van der Waals surface area contributed by atoms with E-state index in [-0.39, 0.29) is 6.54 Å². The van der Waals surface area contributed by atoms with Crippen molar-refractivity contribution in [1.82, 2.24) is 10.2 Å². The molecule has 186 valence electrons. The van der Waals surface area contributed by atoms with Gasteiger partial charge in [0.1, 0.15) is 24.2 Å². The fourth-order valence-corrected chi connectivity index (χ4v) is 3.73. The Hall–Kier alpha value is -3.57. The Labute approximate surface area is 211 Å². The zero-order valence-corrected chi connectivity index (χ0v) is 21.6. The summed E-state index contributed by atoms with van der Waals surface area (Å²) in [4.78, 5) is 40.4. The van der Waals surface area contributed by atoms with E-state index in [4.69, 9.17) is 16.3 Å². The first-order chi connectivity index (χ1) is 16.3. The van der Waals surface area contributed by atoms with E-state index < -0.39 is 35.6 Å². The largest absolute Gasteiger partial charge is 0.444 e. The minimum Gasteiger partial charge on any atom is -0.444 e. The van der Waals surface area contributed by atoms with Gasteiger partial charge in [0.05, 0.1) is 16.8 Å². The number of hydrogen-bond acceptors (Lipinski definition) is 5. The van der Waals surface area contributed by atoms with E-state index in [1.165, 1.54) is 6.92 Å². The molecule has 0 aliphatic heterocycles. The molecule has 0 heterocycles. The zero-order valence-electron chi connectivity index (χ0n) is 20.8. The smallest absolute Gasteiger partial charge is 0.408 e. The lowest BCUT2D eigenvalue weighted by Crippen LogP contribution is -2.51. The molecule has 0 fully saturated rings. The van der Waals surface area contributed by atoms with Gasteiger partial charge in [-0.05, 0) is 58.7 Å². The number of nitrogens with zero attached hydrogens (tertiary/aromatic N) is 2. The molecular formula is C26H31ClN4O4. The van der Waals surface area contributed by atoms with E-state index in [1.807, 2.05) is 19.1 Å². The number of carbonyl (C=O) groups is 3. The van der Waals surface area contributed by atoms with Crippen molar-refractivity contribution in [1.29, 1.82) is 5.26 Å². The Balaban J connectivity index is 2.45. The van der Waals surface area contributed by atoms with E-state index in [0.717, 1.165) is 16.0 Å². The van der Waals surface area contributed by atoms with Gasteiger partial charge >= 0.3 is 6.09 Å². The summed E-state index contributed by atoms with van der Waals surface area (Å²) in [7, 11) is 0. The Morgan fingerprint density at radius 2 is 1.80 bits per heavy atom. The van der Waals surface area contributed by atoms with Crippen molar-refractivity contribution in [3.8, 4) is 6.07 Å². The molecule has 0 aromatic heterocycles. The molecular weight excluding hydrogens is 468 g/mol. The van der Waals surface area contributed by atoms with Gasteiger partial charge < -0.3 is 20.3 Å². The first-order valence-electron chi connectivity index (χ1n) is 11.1. The topological polar surface area (TPSA) is 112 Å². The van der Waals surface area contributed by atoms with Crippen LogP contribution >= 0.6 is 11.6 Å². The highest BCUT2D eigenvalue weighted by Gasteiger charge is 2.35. The average Bonchev–Trinajstić information content (AvgIpc) is 2.74. The molecule has 0 aliphatic carbocycles.